The van der Waals surface area contributed by atoms with Gasteiger partial charge in [0.15, 0.2) is 0 Å². The average Bonchev–Trinajstić information content (AvgIpc) is 3.12. The van der Waals surface area contributed by atoms with Crippen molar-refractivity contribution in [3.05, 3.63) is 53.1 Å². The summed E-state index contributed by atoms with van der Waals surface area (Å²) in [6.45, 7) is 4.96. The summed E-state index contributed by atoms with van der Waals surface area (Å²) in [5, 5.41) is 0. The number of anilines is 2. The van der Waals surface area contributed by atoms with Gasteiger partial charge in [-0.25, -0.2) is 8.42 Å². The van der Waals surface area contributed by atoms with E-state index in [9.17, 15) is 8.42 Å². The topological polar surface area (TPSA) is 58.6 Å². The van der Waals surface area contributed by atoms with Crippen molar-refractivity contribution in [3.8, 4) is 0 Å². The minimum atomic E-state index is -3.60. The molecule has 0 amide bonds. The molecule has 1 saturated heterocycles. The van der Waals surface area contributed by atoms with Crippen LogP contribution in [0.4, 0.5) is 11.4 Å². The second-order valence-electron chi connectivity index (χ2n) is 6.99. The molecular weight excluding hydrogens is 348 g/mol. The average molecular weight is 372 g/mol. The van der Waals surface area contributed by atoms with Gasteiger partial charge >= 0.3 is 0 Å². The van der Waals surface area contributed by atoms with E-state index >= 15 is 0 Å². The molecule has 1 aliphatic heterocycles. The van der Waals surface area contributed by atoms with Gasteiger partial charge in [0, 0.05) is 18.8 Å². The molecular formula is C20H24N2O3S. The van der Waals surface area contributed by atoms with Crippen molar-refractivity contribution < 1.29 is 13.2 Å². The van der Waals surface area contributed by atoms with Crippen LogP contribution in [0.15, 0.2) is 41.3 Å². The SMILES string of the molecule is Cc1ccc(N2CCOCC2)cc1NS(=O)(=O)c1ccc2c(c1)CCC2. The fraction of sp³-hybridized carbons (Fsp3) is 0.400. The van der Waals surface area contributed by atoms with E-state index < -0.39 is 10.0 Å². The monoisotopic (exact) mass is 372 g/mol. The summed E-state index contributed by atoms with van der Waals surface area (Å²) in [7, 11) is -3.60. The molecule has 4 rings (SSSR count). The van der Waals surface area contributed by atoms with Crippen LogP contribution in [0, 0.1) is 6.92 Å². The van der Waals surface area contributed by atoms with E-state index in [1.807, 2.05) is 37.3 Å². The van der Waals surface area contributed by atoms with Gasteiger partial charge in [-0.3, -0.25) is 4.72 Å². The zero-order chi connectivity index (χ0) is 18.1. The number of hydrogen-bond donors (Lipinski definition) is 1. The first-order valence-electron chi connectivity index (χ1n) is 9.11. The van der Waals surface area contributed by atoms with Gasteiger partial charge in [-0.15, -0.1) is 0 Å². The van der Waals surface area contributed by atoms with Crippen molar-refractivity contribution in [1.82, 2.24) is 0 Å². The van der Waals surface area contributed by atoms with Crippen molar-refractivity contribution >= 4 is 21.4 Å². The molecule has 0 aromatic heterocycles. The molecule has 6 heteroatoms. The highest BCUT2D eigenvalue weighted by Gasteiger charge is 2.20. The Balaban J connectivity index is 1.61. The van der Waals surface area contributed by atoms with Crippen LogP contribution in [-0.4, -0.2) is 34.7 Å². The fourth-order valence-electron chi connectivity index (χ4n) is 3.66. The quantitative estimate of drug-likeness (QED) is 0.896. The Morgan fingerprint density at radius 3 is 2.58 bits per heavy atom. The highest BCUT2D eigenvalue weighted by Crippen LogP contribution is 2.28. The first-order chi connectivity index (χ1) is 12.5. The Hall–Kier alpha value is -2.05. The van der Waals surface area contributed by atoms with Gasteiger partial charge in [-0.2, -0.15) is 0 Å². The maximum Gasteiger partial charge on any atom is 0.261 e. The number of ether oxygens (including phenoxy) is 1. The summed E-state index contributed by atoms with van der Waals surface area (Å²) in [4.78, 5) is 2.56. The fourth-order valence-corrected chi connectivity index (χ4v) is 4.83. The highest BCUT2D eigenvalue weighted by molar-refractivity contribution is 7.92. The maximum atomic E-state index is 12.9. The molecule has 26 heavy (non-hydrogen) atoms. The molecule has 1 heterocycles. The minimum absolute atomic E-state index is 0.342. The lowest BCUT2D eigenvalue weighted by molar-refractivity contribution is 0.122. The second-order valence-corrected chi connectivity index (χ2v) is 8.67. The van der Waals surface area contributed by atoms with Gasteiger partial charge in [0.25, 0.3) is 10.0 Å². The molecule has 138 valence electrons. The molecule has 1 aliphatic carbocycles. The normalized spacial score (nSPS) is 17.2. The highest BCUT2D eigenvalue weighted by atomic mass is 32.2. The van der Waals surface area contributed by atoms with Crippen molar-refractivity contribution in [3.63, 3.8) is 0 Å². The third-order valence-electron chi connectivity index (χ3n) is 5.22. The standard InChI is InChI=1S/C20H24N2O3S/c1-15-5-7-18(22-9-11-25-12-10-22)14-20(15)21-26(23,24)19-8-6-16-3-2-4-17(16)13-19/h5-8,13-14,21H,2-4,9-12H2,1H3. The summed E-state index contributed by atoms with van der Waals surface area (Å²) in [5.41, 5.74) is 4.99. The van der Waals surface area contributed by atoms with Crippen LogP contribution in [0.3, 0.4) is 0 Å². The number of sulfonamides is 1. The number of nitrogens with zero attached hydrogens (tertiary/aromatic N) is 1. The Morgan fingerprint density at radius 1 is 1.00 bits per heavy atom. The molecule has 1 fully saturated rings. The van der Waals surface area contributed by atoms with Gasteiger partial charge in [-0.1, -0.05) is 12.1 Å². The van der Waals surface area contributed by atoms with Crippen molar-refractivity contribution in [2.24, 2.45) is 0 Å². The molecule has 0 saturated carbocycles. The second kappa shape index (κ2) is 6.93. The van der Waals surface area contributed by atoms with Gasteiger partial charge < -0.3 is 9.64 Å². The van der Waals surface area contributed by atoms with E-state index in [2.05, 4.69) is 9.62 Å². The van der Waals surface area contributed by atoms with Crippen LogP contribution >= 0.6 is 0 Å². The van der Waals surface area contributed by atoms with Crippen molar-refractivity contribution in [1.29, 1.82) is 0 Å². The molecule has 2 aromatic rings. The molecule has 1 N–H and O–H groups in total. The van der Waals surface area contributed by atoms with Crippen LogP contribution in [0.5, 0.6) is 0 Å². The van der Waals surface area contributed by atoms with Crippen LogP contribution in [0.25, 0.3) is 0 Å². The zero-order valence-corrected chi connectivity index (χ0v) is 15.8. The summed E-state index contributed by atoms with van der Waals surface area (Å²) in [6, 6.07) is 11.4. The van der Waals surface area contributed by atoms with Crippen LogP contribution in [0.1, 0.15) is 23.1 Å². The Bertz CT molecular complexity index is 919. The number of nitrogens with one attached hydrogen (secondary N) is 1. The molecule has 2 aromatic carbocycles. The number of benzene rings is 2. The van der Waals surface area contributed by atoms with E-state index in [-0.39, 0.29) is 0 Å². The molecule has 5 nitrogen and oxygen atoms in total. The molecule has 0 atom stereocenters. The van der Waals surface area contributed by atoms with Crippen molar-refractivity contribution in [2.75, 3.05) is 35.9 Å². The first kappa shape index (κ1) is 17.4. The van der Waals surface area contributed by atoms with E-state index in [1.54, 1.807) is 6.07 Å². The van der Waals surface area contributed by atoms with Gasteiger partial charge in [0.05, 0.1) is 23.8 Å². The molecule has 0 unspecified atom stereocenters. The third kappa shape index (κ3) is 3.44. The summed E-state index contributed by atoms with van der Waals surface area (Å²) in [6.07, 6.45) is 3.11. The van der Waals surface area contributed by atoms with E-state index in [0.717, 1.165) is 49.2 Å². The van der Waals surface area contributed by atoms with Crippen LogP contribution < -0.4 is 9.62 Å². The molecule has 0 spiro atoms. The maximum absolute atomic E-state index is 12.9. The zero-order valence-electron chi connectivity index (χ0n) is 15.0. The van der Waals surface area contributed by atoms with E-state index in [1.165, 1.54) is 5.56 Å². The predicted octanol–water partition coefficient (Wildman–Crippen LogP) is 3.12. The van der Waals surface area contributed by atoms with E-state index in [0.29, 0.717) is 23.8 Å². The number of rotatable bonds is 4. The van der Waals surface area contributed by atoms with Crippen LogP contribution in [0.2, 0.25) is 0 Å². The lowest BCUT2D eigenvalue weighted by Gasteiger charge is -2.29. The van der Waals surface area contributed by atoms with Gasteiger partial charge in [-0.05, 0) is 67.1 Å². The summed E-state index contributed by atoms with van der Waals surface area (Å²) in [5.74, 6) is 0. The minimum Gasteiger partial charge on any atom is -0.378 e. The number of aryl methyl sites for hydroxylation is 3. The summed E-state index contributed by atoms with van der Waals surface area (Å²) < 4.78 is 34.0. The number of hydrogen-bond acceptors (Lipinski definition) is 4. The Kier molecular flexibility index (Phi) is 4.63. The lowest BCUT2D eigenvalue weighted by Crippen LogP contribution is -2.36. The third-order valence-corrected chi connectivity index (χ3v) is 6.59. The van der Waals surface area contributed by atoms with E-state index in [4.69, 9.17) is 4.74 Å². The Labute approximate surface area is 155 Å². The molecule has 2 aliphatic rings. The largest absolute Gasteiger partial charge is 0.378 e. The number of fused-ring (bicyclic) bond motifs is 1. The summed E-state index contributed by atoms with van der Waals surface area (Å²) >= 11 is 0. The van der Waals surface area contributed by atoms with Gasteiger partial charge in [0.2, 0.25) is 0 Å². The lowest BCUT2D eigenvalue weighted by atomic mass is 10.1. The van der Waals surface area contributed by atoms with Crippen LogP contribution in [-0.2, 0) is 27.6 Å². The smallest absolute Gasteiger partial charge is 0.261 e. The van der Waals surface area contributed by atoms with Crippen molar-refractivity contribution in [2.45, 2.75) is 31.1 Å². The Morgan fingerprint density at radius 2 is 1.77 bits per heavy atom. The first-order valence-corrected chi connectivity index (χ1v) is 10.6. The van der Waals surface area contributed by atoms with Gasteiger partial charge in [0.1, 0.15) is 0 Å². The molecule has 0 radical (unpaired) electrons. The predicted molar refractivity (Wildman–Crippen MR) is 103 cm³/mol. The number of morpholine rings is 1. The molecule has 0 bridgehead atoms.